The third-order valence-corrected chi connectivity index (χ3v) is 5.21. The zero-order chi connectivity index (χ0) is 21.3. The number of nitrogens with zero attached hydrogens (tertiary/aromatic N) is 1. The smallest absolute Gasteiger partial charge is 0.264 e. The van der Waals surface area contributed by atoms with Crippen LogP contribution in [0, 0.1) is 0 Å². The Kier molecular flexibility index (Phi) is 5.25. The Labute approximate surface area is 176 Å². The van der Waals surface area contributed by atoms with E-state index in [9.17, 15) is 14.4 Å². The van der Waals surface area contributed by atoms with Crippen LogP contribution in [0.15, 0.2) is 82.5 Å². The van der Waals surface area contributed by atoms with Gasteiger partial charge in [-0.2, -0.15) is 0 Å². The Morgan fingerprint density at radius 1 is 1.03 bits per heavy atom. The average Bonchev–Trinajstić information content (AvgIpc) is 2.74. The largest absolute Gasteiger partial charge is 0.344 e. The lowest BCUT2D eigenvalue weighted by Crippen LogP contribution is -2.34. The zero-order valence-electron chi connectivity index (χ0n) is 16.1. The van der Waals surface area contributed by atoms with Crippen LogP contribution in [-0.2, 0) is 0 Å². The fourth-order valence-corrected chi connectivity index (χ4v) is 3.71. The highest BCUT2D eigenvalue weighted by molar-refractivity contribution is 6.35. The summed E-state index contributed by atoms with van der Waals surface area (Å²) >= 11 is 6.31. The topological polar surface area (TPSA) is 84.0 Å². The predicted octanol–water partition coefficient (Wildman–Crippen LogP) is 3.82. The molecule has 2 aromatic heterocycles. The number of benzene rings is 2. The maximum absolute atomic E-state index is 13.4. The number of hydrogen-bond acceptors (Lipinski definition) is 3. The number of para-hydroxylation sites is 1. The summed E-state index contributed by atoms with van der Waals surface area (Å²) < 4.78 is 1.54. The third-order valence-electron chi connectivity index (χ3n) is 4.89. The molecule has 1 unspecified atom stereocenters. The van der Waals surface area contributed by atoms with Gasteiger partial charge in [-0.15, -0.1) is 0 Å². The molecule has 1 atom stereocenters. The first-order chi connectivity index (χ1) is 14.5. The number of nitrogens with one attached hydrogen (secondary N) is 2. The SMILES string of the molecule is CC(NC(=O)c1ccc[nH]c1=O)c1cc2cccc(Cl)c2c(=O)n1-c1ccccc1. The molecule has 0 aliphatic carbocycles. The van der Waals surface area contributed by atoms with Crippen molar-refractivity contribution in [1.29, 1.82) is 0 Å². The predicted molar refractivity (Wildman–Crippen MR) is 117 cm³/mol. The van der Waals surface area contributed by atoms with E-state index in [1.807, 2.05) is 36.4 Å². The average molecular weight is 420 g/mol. The van der Waals surface area contributed by atoms with Crippen molar-refractivity contribution >= 4 is 28.3 Å². The van der Waals surface area contributed by atoms with Gasteiger partial charge in [0, 0.05) is 17.6 Å². The van der Waals surface area contributed by atoms with Gasteiger partial charge in [-0.25, -0.2) is 0 Å². The molecule has 1 amide bonds. The first-order valence-corrected chi connectivity index (χ1v) is 9.73. The molecule has 4 rings (SSSR count). The fraction of sp³-hybridized carbons (Fsp3) is 0.0870. The van der Waals surface area contributed by atoms with Crippen LogP contribution in [0.1, 0.15) is 29.0 Å². The van der Waals surface area contributed by atoms with E-state index in [2.05, 4.69) is 10.3 Å². The Morgan fingerprint density at radius 3 is 2.53 bits per heavy atom. The molecule has 0 saturated carbocycles. The van der Waals surface area contributed by atoms with Crippen LogP contribution in [0.3, 0.4) is 0 Å². The monoisotopic (exact) mass is 419 g/mol. The second kappa shape index (κ2) is 8.00. The van der Waals surface area contributed by atoms with Crippen molar-refractivity contribution in [3.05, 3.63) is 110 Å². The van der Waals surface area contributed by atoms with Crippen LogP contribution in [0.2, 0.25) is 5.02 Å². The molecule has 0 radical (unpaired) electrons. The standard InChI is InChI=1S/C23H18ClN3O3/c1-14(26-22(29)17-10-6-12-25-21(17)28)19-13-15-7-5-11-18(24)20(15)23(30)27(19)16-8-3-2-4-9-16/h2-14H,1H3,(H,25,28)(H,26,29). The lowest BCUT2D eigenvalue weighted by atomic mass is 10.1. The molecule has 2 aromatic carbocycles. The molecule has 6 nitrogen and oxygen atoms in total. The van der Waals surface area contributed by atoms with Gasteiger partial charge in [0.25, 0.3) is 17.0 Å². The van der Waals surface area contributed by atoms with E-state index in [1.165, 1.54) is 16.8 Å². The first kappa shape index (κ1) is 19.7. The van der Waals surface area contributed by atoms with Crippen molar-refractivity contribution in [3.63, 3.8) is 0 Å². The molecule has 0 aliphatic heterocycles. The second-order valence-electron chi connectivity index (χ2n) is 6.86. The molecule has 4 aromatic rings. The van der Waals surface area contributed by atoms with Crippen LogP contribution in [0.25, 0.3) is 16.5 Å². The number of carbonyl (C=O) groups is 1. The van der Waals surface area contributed by atoms with Crippen molar-refractivity contribution in [2.45, 2.75) is 13.0 Å². The third kappa shape index (κ3) is 3.53. The molecule has 0 aliphatic rings. The fourth-order valence-electron chi connectivity index (χ4n) is 3.45. The minimum atomic E-state index is -0.562. The maximum Gasteiger partial charge on any atom is 0.264 e. The summed E-state index contributed by atoms with van der Waals surface area (Å²) in [6, 6.07) is 18.7. The quantitative estimate of drug-likeness (QED) is 0.527. The number of aromatic nitrogens is 2. The molecule has 0 bridgehead atoms. The van der Waals surface area contributed by atoms with Crippen LogP contribution in [0.4, 0.5) is 0 Å². The molecule has 2 heterocycles. The Balaban J connectivity index is 1.87. The van der Waals surface area contributed by atoms with Gasteiger partial charge in [0.15, 0.2) is 0 Å². The van der Waals surface area contributed by atoms with Crippen molar-refractivity contribution < 1.29 is 4.79 Å². The minimum absolute atomic E-state index is 0.00166. The summed E-state index contributed by atoms with van der Waals surface area (Å²) in [5.41, 5.74) is 0.465. The Hall–Kier alpha value is -3.64. The number of fused-ring (bicyclic) bond motifs is 1. The molecule has 0 spiro atoms. The normalized spacial score (nSPS) is 11.9. The number of rotatable bonds is 4. The van der Waals surface area contributed by atoms with E-state index in [0.717, 1.165) is 0 Å². The number of halogens is 1. The summed E-state index contributed by atoms with van der Waals surface area (Å²) in [6.07, 6.45) is 1.46. The van der Waals surface area contributed by atoms with E-state index < -0.39 is 17.5 Å². The maximum atomic E-state index is 13.4. The number of aromatic amines is 1. The molecule has 0 saturated heterocycles. The summed E-state index contributed by atoms with van der Waals surface area (Å²) in [5, 5.41) is 4.26. The van der Waals surface area contributed by atoms with Crippen LogP contribution >= 0.6 is 11.6 Å². The molecule has 30 heavy (non-hydrogen) atoms. The number of H-pyrrole nitrogens is 1. The van der Waals surface area contributed by atoms with Gasteiger partial charge in [-0.05, 0) is 48.7 Å². The summed E-state index contributed by atoms with van der Waals surface area (Å²) in [6.45, 7) is 1.76. The van der Waals surface area contributed by atoms with Crippen molar-refractivity contribution in [3.8, 4) is 5.69 Å². The van der Waals surface area contributed by atoms with Crippen molar-refractivity contribution in [2.24, 2.45) is 0 Å². The van der Waals surface area contributed by atoms with Gasteiger partial charge in [0.1, 0.15) is 5.56 Å². The summed E-state index contributed by atoms with van der Waals surface area (Å²) in [7, 11) is 0. The molecule has 0 fully saturated rings. The number of pyridine rings is 2. The molecule has 7 heteroatoms. The molecule has 2 N–H and O–H groups in total. The van der Waals surface area contributed by atoms with E-state index in [-0.39, 0.29) is 11.1 Å². The minimum Gasteiger partial charge on any atom is -0.344 e. The van der Waals surface area contributed by atoms with Crippen LogP contribution < -0.4 is 16.4 Å². The molecular formula is C23H18ClN3O3. The zero-order valence-corrected chi connectivity index (χ0v) is 16.8. The van der Waals surface area contributed by atoms with Crippen molar-refractivity contribution in [2.75, 3.05) is 0 Å². The number of amides is 1. The highest BCUT2D eigenvalue weighted by Crippen LogP contribution is 2.25. The second-order valence-corrected chi connectivity index (χ2v) is 7.26. The highest BCUT2D eigenvalue weighted by Gasteiger charge is 2.20. The van der Waals surface area contributed by atoms with E-state index in [4.69, 9.17) is 11.6 Å². The van der Waals surface area contributed by atoms with E-state index >= 15 is 0 Å². The summed E-state index contributed by atoms with van der Waals surface area (Å²) in [5.74, 6) is -0.525. The summed E-state index contributed by atoms with van der Waals surface area (Å²) in [4.78, 5) is 40.5. The highest BCUT2D eigenvalue weighted by atomic mass is 35.5. The van der Waals surface area contributed by atoms with Crippen molar-refractivity contribution in [1.82, 2.24) is 14.9 Å². The number of carbonyl (C=O) groups excluding carboxylic acids is 1. The van der Waals surface area contributed by atoms with Gasteiger partial charge in [0.05, 0.1) is 16.5 Å². The molecular weight excluding hydrogens is 402 g/mol. The first-order valence-electron chi connectivity index (χ1n) is 9.35. The van der Waals surface area contributed by atoms with Crippen LogP contribution in [-0.4, -0.2) is 15.5 Å². The van der Waals surface area contributed by atoms with Gasteiger partial charge in [0.2, 0.25) is 0 Å². The Bertz CT molecular complexity index is 1360. The Morgan fingerprint density at radius 2 is 1.80 bits per heavy atom. The van der Waals surface area contributed by atoms with Crippen LogP contribution in [0.5, 0.6) is 0 Å². The lowest BCUT2D eigenvalue weighted by Gasteiger charge is -2.21. The van der Waals surface area contributed by atoms with Gasteiger partial charge in [-0.3, -0.25) is 19.0 Å². The van der Waals surface area contributed by atoms with Gasteiger partial charge >= 0.3 is 0 Å². The van der Waals surface area contributed by atoms with Gasteiger partial charge < -0.3 is 10.3 Å². The molecule has 150 valence electrons. The lowest BCUT2D eigenvalue weighted by molar-refractivity contribution is 0.0937. The van der Waals surface area contributed by atoms with E-state index in [1.54, 1.807) is 31.2 Å². The van der Waals surface area contributed by atoms with Gasteiger partial charge in [-0.1, -0.05) is 41.9 Å². The van der Waals surface area contributed by atoms with E-state index in [0.29, 0.717) is 27.2 Å². The number of hydrogen-bond donors (Lipinski definition) is 2.